The van der Waals surface area contributed by atoms with Crippen LogP contribution in [0.15, 0.2) is 66.7 Å². The van der Waals surface area contributed by atoms with Crippen LogP contribution < -0.4 is 14.8 Å². The van der Waals surface area contributed by atoms with E-state index in [4.69, 9.17) is 9.47 Å². The maximum absolute atomic E-state index is 5.22. The van der Waals surface area contributed by atoms with Gasteiger partial charge in [-0.3, -0.25) is 0 Å². The lowest BCUT2D eigenvalue weighted by atomic mass is 9.86. The first-order chi connectivity index (χ1) is 12.6. The van der Waals surface area contributed by atoms with Gasteiger partial charge >= 0.3 is 0 Å². The quantitative estimate of drug-likeness (QED) is 0.428. The molecular weight excluding hydrogens is 339 g/mol. The molecule has 0 bridgehead atoms. The fourth-order valence-corrected chi connectivity index (χ4v) is 4.57. The van der Waals surface area contributed by atoms with Crippen LogP contribution in [-0.2, 0) is 6.16 Å². The van der Waals surface area contributed by atoms with Gasteiger partial charge in [0.05, 0.1) is 14.2 Å². The summed E-state index contributed by atoms with van der Waals surface area (Å²) >= 11 is 0. The van der Waals surface area contributed by atoms with Gasteiger partial charge in [0.2, 0.25) is 0 Å². The number of aryl methyl sites for hydroxylation is 1. The Kier molecular flexibility index (Phi) is 5.96. The third-order valence-corrected chi connectivity index (χ3v) is 6.57. The van der Waals surface area contributed by atoms with Crippen molar-refractivity contribution in [3.63, 3.8) is 0 Å². The SMILES string of the molecule is COc1cc2c(CP(C)c3ccccc3)cc1-2.COc1ccc(C)cc1. The summed E-state index contributed by atoms with van der Waals surface area (Å²) in [6.45, 7) is 4.41. The summed E-state index contributed by atoms with van der Waals surface area (Å²) in [5, 5.41) is 1.48. The first kappa shape index (κ1) is 18.5. The predicted molar refractivity (Wildman–Crippen MR) is 112 cm³/mol. The summed E-state index contributed by atoms with van der Waals surface area (Å²) in [5.74, 6) is 1.96. The molecular formula is C23H25O2P. The van der Waals surface area contributed by atoms with Gasteiger partial charge in [-0.05, 0) is 60.4 Å². The Bertz CT molecular complexity index is 857. The molecule has 2 aliphatic carbocycles. The number of methoxy groups -OCH3 is 2. The third-order valence-electron chi connectivity index (χ3n) is 4.58. The first-order valence-corrected chi connectivity index (χ1v) is 10.7. The smallest absolute Gasteiger partial charge is 0.127 e. The molecule has 0 aromatic heterocycles. The maximum Gasteiger partial charge on any atom is 0.127 e. The lowest BCUT2D eigenvalue weighted by Gasteiger charge is -2.27. The highest BCUT2D eigenvalue weighted by atomic mass is 31.1. The molecule has 0 saturated carbocycles. The van der Waals surface area contributed by atoms with Crippen LogP contribution in [0.2, 0.25) is 0 Å². The Balaban J connectivity index is 0.000000185. The maximum atomic E-state index is 5.22. The number of hydrogen-bond acceptors (Lipinski definition) is 2. The van der Waals surface area contributed by atoms with Crippen molar-refractivity contribution < 1.29 is 9.47 Å². The van der Waals surface area contributed by atoms with Crippen molar-refractivity contribution in [2.45, 2.75) is 13.1 Å². The molecule has 2 aliphatic rings. The highest BCUT2D eigenvalue weighted by Crippen LogP contribution is 2.50. The predicted octanol–water partition coefficient (Wildman–Crippen LogP) is 5.62. The van der Waals surface area contributed by atoms with Gasteiger partial charge in [0, 0.05) is 5.56 Å². The number of benzene rings is 3. The molecule has 0 spiro atoms. The van der Waals surface area contributed by atoms with Crippen LogP contribution in [0.1, 0.15) is 11.1 Å². The van der Waals surface area contributed by atoms with Gasteiger partial charge in [0.15, 0.2) is 0 Å². The van der Waals surface area contributed by atoms with Crippen LogP contribution in [0, 0.1) is 6.92 Å². The van der Waals surface area contributed by atoms with Crippen LogP contribution in [-0.4, -0.2) is 20.9 Å². The zero-order chi connectivity index (χ0) is 18.5. The minimum atomic E-state index is -0.0725. The van der Waals surface area contributed by atoms with Crippen molar-refractivity contribution >= 4 is 13.2 Å². The number of fused-ring (bicyclic) bond motifs is 1. The van der Waals surface area contributed by atoms with Crippen LogP contribution in [0.25, 0.3) is 11.1 Å². The number of rotatable bonds is 5. The normalized spacial score (nSPS) is 11.8. The molecule has 0 saturated heterocycles. The van der Waals surface area contributed by atoms with Crippen LogP contribution >= 0.6 is 7.92 Å². The zero-order valence-corrected chi connectivity index (χ0v) is 16.7. The van der Waals surface area contributed by atoms with Gasteiger partial charge in [0.1, 0.15) is 11.5 Å². The van der Waals surface area contributed by atoms with E-state index in [1.54, 1.807) is 14.2 Å². The molecule has 0 fully saturated rings. The average molecular weight is 364 g/mol. The molecule has 0 aliphatic heterocycles. The van der Waals surface area contributed by atoms with Crippen LogP contribution in [0.4, 0.5) is 0 Å². The second-order valence-electron chi connectivity index (χ2n) is 6.42. The van der Waals surface area contributed by atoms with Gasteiger partial charge in [0.25, 0.3) is 0 Å². The van der Waals surface area contributed by atoms with Crippen molar-refractivity contribution in [1.82, 2.24) is 0 Å². The Hall–Kier alpha value is -2.31. The van der Waals surface area contributed by atoms with E-state index in [1.807, 2.05) is 24.3 Å². The molecule has 4 rings (SSSR count). The topological polar surface area (TPSA) is 18.5 Å². The molecule has 134 valence electrons. The van der Waals surface area contributed by atoms with Crippen LogP contribution in [0.5, 0.6) is 11.5 Å². The second-order valence-corrected chi connectivity index (χ2v) is 8.65. The highest BCUT2D eigenvalue weighted by molar-refractivity contribution is 7.64. The minimum absolute atomic E-state index is 0.0725. The fraction of sp³-hybridized carbons (Fsp3) is 0.217. The van der Waals surface area contributed by atoms with Gasteiger partial charge < -0.3 is 9.47 Å². The minimum Gasteiger partial charge on any atom is -0.497 e. The summed E-state index contributed by atoms with van der Waals surface area (Å²) in [6.07, 6.45) is 1.19. The zero-order valence-electron chi connectivity index (χ0n) is 15.8. The summed E-state index contributed by atoms with van der Waals surface area (Å²) in [4.78, 5) is 0. The lowest BCUT2D eigenvalue weighted by molar-refractivity contribution is 0.412. The summed E-state index contributed by atoms with van der Waals surface area (Å²) in [5.41, 5.74) is 5.50. The van der Waals surface area contributed by atoms with E-state index in [2.05, 4.69) is 56.1 Å². The average Bonchev–Trinajstić information content (AvgIpc) is 2.67. The Morgan fingerprint density at radius 3 is 2.04 bits per heavy atom. The van der Waals surface area contributed by atoms with Crippen molar-refractivity contribution in [3.05, 3.63) is 77.9 Å². The molecule has 3 heteroatoms. The molecule has 0 heterocycles. The molecule has 0 radical (unpaired) electrons. The summed E-state index contributed by atoms with van der Waals surface area (Å²) in [6, 6.07) is 23.2. The molecule has 1 atom stereocenters. The molecule has 1 unspecified atom stereocenters. The van der Waals surface area contributed by atoms with E-state index >= 15 is 0 Å². The molecule has 0 amide bonds. The second kappa shape index (κ2) is 8.38. The number of ether oxygens (including phenoxy) is 2. The fourth-order valence-electron chi connectivity index (χ4n) is 2.93. The third kappa shape index (κ3) is 4.08. The van der Waals surface area contributed by atoms with E-state index in [0.717, 1.165) is 11.5 Å². The van der Waals surface area contributed by atoms with E-state index in [0.29, 0.717) is 0 Å². The summed E-state index contributed by atoms with van der Waals surface area (Å²) in [7, 11) is 3.33. The van der Waals surface area contributed by atoms with Crippen molar-refractivity contribution in [1.29, 1.82) is 0 Å². The highest BCUT2D eigenvalue weighted by Gasteiger charge is 2.24. The molecule has 2 aromatic rings. The van der Waals surface area contributed by atoms with Gasteiger partial charge in [-0.15, -0.1) is 0 Å². The monoisotopic (exact) mass is 364 g/mol. The van der Waals surface area contributed by atoms with E-state index < -0.39 is 0 Å². The van der Waals surface area contributed by atoms with Crippen molar-refractivity contribution in [3.8, 4) is 22.6 Å². The summed E-state index contributed by atoms with van der Waals surface area (Å²) < 4.78 is 10.2. The van der Waals surface area contributed by atoms with Gasteiger partial charge in [-0.25, -0.2) is 0 Å². The van der Waals surface area contributed by atoms with Crippen molar-refractivity contribution in [2.24, 2.45) is 0 Å². The molecule has 2 nitrogen and oxygen atoms in total. The standard InChI is InChI=1S/C15H15OP.C8H10O/c1-16-15-9-13-11(8-14(13)15)10-17(2)12-6-4-3-5-7-12;1-7-3-5-8(9-2)6-4-7/h3-9H,10H2,1-2H3;3-6H,1-2H3. The van der Waals surface area contributed by atoms with E-state index in [-0.39, 0.29) is 7.92 Å². The van der Waals surface area contributed by atoms with E-state index in [9.17, 15) is 0 Å². The van der Waals surface area contributed by atoms with Gasteiger partial charge in [-0.1, -0.05) is 55.9 Å². The van der Waals surface area contributed by atoms with E-state index in [1.165, 1.54) is 33.7 Å². The molecule has 2 aromatic carbocycles. The largest absolute Gasteiger partial charge is 0.497 e. The molecule has 26 heavy (non-hydrogen) atoms. The van der Waals surface area contributed by atoms with Gasteiger partial charge in [-0.2, -0.15) is 0 Å². The molecule has 0 N–H and O–H groups in total. The van der Waals surface area contributed by atoms with Crippen LogP contribution in [0.3, 0.4) is 0 Å². The van der Waals surface area contributed by atoms with Crippen molar-refractivity contribution in [2.75, 3.05) is 20.9 Å². The first-order valence-electron chi connectivity index (χ1n) is 8.70. The Morgan fingerprint density at radius 1 is 0.808 bits per heavy atom. The Labute approximate surface area is 157 Å². The Morgan fingerprint density at radius 2 is 1.50 bits per heavy atom. The number of hydrogen-bond donors (Lipinski definition) is 0. The lowest BCUT2D eigenvalue weighted by Crippen LogP contribution is -2.07.